The summed E-state index contributed by atoms with van der Waals surface area (Å²) in [6, 6.07) is 0. The average Bonchev–Trinajstić information content (AvgIpc) is 2.81. The van der Waals surface area contributed by atoms with Gasteiger partial charge in [-0.05, 0) is 49.9 Å². The quantitative estimate of drug-likeness (QED) is 0.549. The average molecular weight is 311 g/mol. The van der Waals surface area contributed by atoms with Gasteiger partial charge in [0.05, 0.1) is 13.2 Å². The standard InChI is InChI=1S/C17H30O3Si/c1-13(20-21(6,7)17(2,3)4)11-12-14-9-8-10-15(14)16(18)19-5/h11-13H,8-10H2,1-7H3/b12-11+. The van der Waals surface area contributed by atoms with E-state index in [2.05, 4.69) is 52.9 Å². The van der Waals surface area contributed by atoms with Gasteiger partial charge in [0, 0.05) is 5.57 Å². The van der Waals surface area contributed by atoms with E-state index in [4.69, 9.17) is 9.16 Å². The number of carbonyl (C=O) groups is 1. The number of esters is 1. The van der Waals surface area contributed by atoms with Gasteiger partial charge in [-0.15, -0.1) is 0 Å². The number of methoxy groups -OCH3 is 1. The second-order valence-electron chi connectivity index (χ2n) is 7.29. The molecule has 1 aliphatic carbocycles. The third-order valence-corrected chi connectivity index (χ3v) is 9.12. The van der Waals surface area contributed by atoms with Crippen molar-refractivity contribution >= 4 is 14.3 Å². The number of carbonyl (C=O) groups excluding carboxylic acids is 1. The van der Waals surface area contributed by atoms with Gasteiger partial charge in [0.25, 0.3) is 0 Å². The van der Waals surface area contributed by atoms with Gasteiger partial charge in [-0.25, -0.2) is 4.79 Å². The molecular weight excluding hydrogens is 280 g/mol. The first-order valence-electron chi connectivity index (χ1n) is 7.75. The van der Waals surface area contributed by atoms with E-state index in [9.17, 15) is 4.79 Å². The molecule has 1 atom stereocenters. The first-order valence-corrected chi connectivity index (χ1v) is 10.7. The molecule has 1 rings (SSSR count). The summed E-state index contributed by atoms with van der Waals surface area (Å²) in [7, 11) is -0.307. The number of allylic oxidation sites excluding steroid dienone is 2. The largest absolute Gasteiger partial charge is 0.466 e. The second-order valence-corrected chi connectivity index (χ2v) is 12.0. The third kappa shape index (κ3) is 4.82. The maximum atomic E-state index is 11.7. The van der Waals surface area contributed by atoms with Gasteiger partial charge in [-0.2, -0.15) is 0 Å². The SMILES string of the molecule is COC(=O)C1=C(/C=C/C(C)O[Si](C)(C)C(C)(C)C)CCC1. The molecule has 0 aromatic rings. The number of ether oxygens (including phenoxy) is 1. The lowest BCUT2D eigenvalue weighted by Gasteiger charge is -2.37. The molecule has 0 heterocycles. The van der Waals surface area contributed by atoms with Crippen LogP contribution in [0.4, 0.5) is 0 Å². The Morgan fingerprint density at radius 3 is 2.43 bits per heavy atom. The minimum absolute atomic E-state index is 0.0675. The maximum Gasteiger partial charge on any atom is 0.333 e. The fraction of sp³-hybridized carbons (Fsp3) is 0.706. The van der Waals surface area contributed by atoms with E-state index < -0.39 is 8.32 Å². The minimum atomic E-state index is -1.75. The predicted octanol–water partition coefficient (Wildman–Crippen LogP) is 4.61. The molecule has 0 aromatic heterocycles. The van der Waals surface area contributed by atoms with Gasteiger partial charge >= 0.3 is 5.97 Å². The van der Waals surface area contributed by atoms with Crippen LogP contribution >= 0.6 is 0 Å². The summed E-state index contributed by atoms with van der Waals surface area (Å²) in [5.74, 6) is -0.190. The molecule has 4 heteroatoms. The molecule has 1 unspecified atom stereocenters. The van der Waals surface area contributed by atoms with Crippen molar-refractivity contribution in [3.63, 3.8) is 0 Å². The summed E-state index contributed by atoms with van der Waals surface area (Å²) >= 11 is 0. The van der Waals surface area contributed by atoms with Crippen LogP contribution in [0.25, 0.3) is 0 Å². The van der Waals surface area contributed by atoms with Crippen molar-refractivity contribution in [1.82, 2.24) is 0 Å². The summed E-state index contributed by atoms with van der Waals surface area (Å²) in [5, 5.41) is 0.207. The summed E-state index contributed by atoms with van der Waals surface area (Å²) in [6.07, 6.45) is 7.00. The molecule has 0 saturated carbocycles. The van der Waals surface area contributed by atoms with Crippen LogP contribution < -0.4 is 0 Å². The summed E-state index contributed by atoms with van der Waals surface area (Å²) in [6.45, 7) is 13.3. The van der Waals surface area contributed by atoms with Crippen LogP contribution in [0.3, 0.4) is 0 Å². The first-order chi connectivity index (χ1) is 9.58. The highest BCUT2D eigenvalue weighted by Crippen LogP contribution is 2.37. The fourth-order valence-corrected chi connectivity index (χ4v) is 3.60. The van der Waals surface area contributed by atoms with Crippen molar-refractivity contribution in [3.8, 4) is 0 Å². The normalized spacial score (nSPS) is 18.4. The molecule has 21 heavy (non-hydrogen) atoms. The van der Waals surface area contributed by atoms with Crippen LogP contribution in [-0.4, -0.2) is 27.5 Å². The highest BCUT2D eigenvalue weighted by molar-refractivity contribution is 6.74. The zero-order chi connectivity index (χ0) is 16.3. The minimum Gasteiger partial charge on any atom is -0.466 e. The Balaban J connectivity index is 2.74. The van der Waals surface area contributed by atoms with Gasteiger partial charge < -0.3 is 9.16 Å². The molecule has 0 aromatic carbocycles. The van der Waals surface area contributed by atoms with E-state index in [0.717, 1.165) is 30.4 Å². The number of hydrogen-bond donors (Lipinski definition) is 0. The van der Waals surface area contributed by atoms with Crippen molar-refractivity contribution < 1.29 is 14.0 Å². The Kier molecular flexibility index (Phi) is 5.99. The maximum absolute atomic E-state index is 11.7. The summed E-state index contributed by atoms with van der Waals surface area (Å²) < 4.78 is 11.1. The van der Waals surface area contributed by atoms with Gasteiger partial charge in [-0.1, -0.05) is 32.9 Å². The second kappa shape index (κ2) is 6.92. The Morgan fingerprint density at radius 2 is 1.90 bits per heavy atom. The van der Waals surface area contributed by atoms with Gasteiger partial charge in [0.15, 0.2) is 8.32 Å². The van der Waals surface area contributed by atoms with Crippen LogP contribution in [0.5, 0.6) is 0 Å². The molecule has 0 spiro atoms. The van der Waals surface area contributed by atoms with E-state index in [1.165, 1.54) is 7.11 Å². The summed E-state index contributed by atoms with van der Waals surface area (Å²) in [5.41, 5.74) is 1.93. The topological polar surface area (TPSA) is 35.5 Å². The predicted molar refractivity (Wildman–Crippen MR) is 89.8 cm³/mol. The Bertz CT molecular complexity index is 441. The molecule has 0 aliphatic heterocycles. The van der Waals surface area contributed by atoms with Crippen LogP contribution in [0.15, 0.2) is 23.3 Å². The Labute approximate surface area is 130 Å². The summed E-state index contributed by atoms with van der Waals surface area (Å²) in [4.78, 5) is 11.7. The lowest BCUT2D eigenvalue weighted by Crippen LogP contribution is -2.42. The molecule has 120 valence electrons. The number of rotatable bonds is 5. The monoisotopic (exact) mass is 310 g/mol. The van der Waals surface area contributed by atoms with Crippen LogP contribution in [0.2, 0.25) is 18.1 Å². The smallest absolute Gasteiger partial charge is 0.333 e. The molecule has 1 aliphatic rings. The van der Waals surface area contributed by atoms with Crippen LogP contribution in [0.1, 0.15) is 47.0 Å². The molecule has 0 bridgehead atoms. The lowest BCUT2D eigenvalue weighted by atomic mass is 10.1. The van der Waals surface area contributed by atoms with Crippen molar-refractivity contribution in [2.24, 2.45) is 0 Å². The van der Waals surface area contributed by atoms with Crippen molar-refractivity contribution in [2.45, 2.75) is 71.2 Å². The Hall–Kier alpha value is -0.873. The molecule has 0 amide bonds. The van der Waals surface area contributed by atoms with Crippen molar-refractivity contribution in [2.75, 3.05) is 7.11 Å². The van der Waals surface area contributed by atoms with Crippen molar-refractivity contribution in [1.29, 1.82) is 0 Å². The molecule has 0 N–H and O–H groups in total. The Morgan fingerprint density at radius 1 is 1.29 bits per heavy atom. The van der Waals surface area contributed by atoms with E-state index in [1.807, 2.05) is 0 Å². The van der Waals surface area contributed by atoms with Crippen LogP contribution in [-0.2, 0) is 14.0 Å². The molecular formula is C17H30O3Si. The third-order valence-electron chi connectivity index (χ3n) is 4.55. The van der Waals surface area contributed by atoms with E-state index in [-0.39, 0.29) is 17.1 Å². The zero-order valence-corrected chi connectivity index (χ0v) is 15.6. The molecule has 0 radical (unpaired) electrons. The first kappa shape index (κ1) is 18.2. The zero-order valence-electron chi connectivity index (χ0n) is 14.6. The van der Waals surface area contributed by atoms with Gasteiger partial charge in [0.1, 0.15) is 0 Å². The highest BCUT2D eigenvalue weighted by Gasteiger charge is 2.38. The lowest BCUT2D eigenvalue weighted by molar-refractivity contribution is -0.136. The van der Waals surface area contributed by atoms with E-state index in [1.54, 1.807) is 0 Å². The highest BCUT2D eigenvalue weighted by atomic mass is 28.4. The number of hydrogen-bond acceptors (Lipinski definition) is 3. The van der Waals surface area contributed by atoms with Gasteiger partial charge in [0.2, 0.25) is 0 Å². The molecule has 0 fully saturated rings. The van der Waals surface area contributed by atoms with Crippen LogP contribution in [0, 0.1) is 0 Å². The van der Waals surface area contributed by atoms with Gasteiger partial charge in [-0.3, -0.25) is 0 Å². The van der Waals surface area contributed by atoms with Crippen molar-refractivity contribution in [3.05, 3.63) is 23.3 Å². The molecule has 0 saturated heterocycles. The van der Waals surface area contributed by atoms with E-state index >= 15 is 0 Å². The molecule has 3 nitrogen and oxygen atoms in total. The van der Waals surface area contributed by atoms with E-state index in [0.29, 0.717) is 0 Å². The fourth-order valence-electron chi connectivity index (χ4n) is 2.24.